The zero-order valence-corrected chi connectivity index (χ0v) is 12.4. The van der Waals surface area contributed by atoms with Gasteiger partial charge in [0.1, 0.15) is 0 Å². The fourth-order valence-electron chi connectivity index (χ4n) is 2.06. The molecule has 21 heavy (non-hydrogen) atoms. The van der Waals surface area contributed by atoms with Crippen molar-refractivity contribution in [3.05, 3.63) is 23.8 Å². The number of hydrogen-bond donors (Lipinski definition) is 3. The number of carboxylic acids is 1. The summed E-state index contributed by atoms with van der Waals surface area (Å²) in [6.07, 6.45) is 1.30. The molecule has 0 bridgehead atoms. The summed E-state index contributed by atoms with van der Waals surface area (Å²) in [5.41, 5.74) is 6.86. The van der Waals surface area contributed by atoms with Crippen molar-refractivity contribution in [2.24, 2.45) is 5.92 Å². The number of nitrogens with zero attached hydrogens (tertiary/aromatic N) is 1. The van der Waals surface area contributed by atoms with Crippen LogP contribution >= 0.6 is 11.3 Å². The molecule has 112 valence electrons. The molecule has 0 aliphatic heterocycles. The number of rotatable bonds is 6. The Bertz CT molecular complexity index is 669. The number of aromatic nitrogens is 1. The average molecular weight is 307 g/mol. The number of amides is 1. The van der Waals surface area contributed by atoms with E-state index in [4.69, 9.17) is 10.8 Å². The van der Waals surface area contributed by atoms with Crippen LogP contribution in [0.15, 0.2) is 18.2 Å². The Morgan fingerprint density at radius 2 is 2.24 bits per heavy atom. The van der Waals surface area contributed by atoms with Crippen molar-refractivity contribution < 1.29 is 14.7 Å². The lowest BCUT2D eigenvalue weighted by molar-refractivity contribution is -0.141. The Morgan fingerprint density at radius 3 is 2.90 bits per heavy atom. The predicted octanol–water partition coefficient (Wildman–Crippen LogP) is 2.11. The first-order valence-corrected chi connectivity index (χ1v) is 7.50. The highest BCUT2D eigenvalue weighted by molar-refractivity contribution is 7.22. The van der Waals surface area contributed by atoms with Crippen molar-refractivity contribution in [2.75, 3.05) is 12.3 Å². The monoisotopic (exact) mass is 307 g/mol. The second-order valence-electron chi connectivity index (χ2n) is 4.77. The van der Waals surface area contributed by atoms with Gasteiger partial charge in [-0.1, -0.05) is 24.7 Å². The lowest BCUT2D eigenvalue weighted by Crippen LogP contribution is -2.32. The van der Waals surface area contributed by atoms with E-state index >= 15 is 0 Å². The number of thiazole rings is 1. The highest BCUT2D eigenvalue weighted by Gasteiger charge is 2.18. The van der Waals surface area contributed by atoms with Crippen LogP contribution in [0, 0.1) is 5.92 Å². The molecule has 6 nitrogen and oxygen atoms in total. The molecular formula is C14H17N3O3S. The number of carboxylic acid groups (broad SMARTS) is 1. The van der Waals surface area contributed by atoms with Gasteiger partial charge in [-0.25, -0.2) is 4.98 Å². The molecule has 0 aliphatic carbocycles. The van der Waals surface area contributed by atoms with Gasteiger partial charge in [-0.3, -0.25) is 9.59 Å². The molecule has 0 fully saturated rings. The quantitative estimate of drug-likeness (QED) is 0.758. The predicted molar refractivity (Wildman–Crippen MR) is 82.4 cm³/mol. The van der Waals surface area contributed by atoms with Gasteiger partial charge in [0.15, 0.2) is 5.13 Å². The first kappa shape index (κ1) is 15.2. The van der Waals surface area contributed by atoms with Gasteiger partial charge in [0.25, 0.3) is 5.91 Å². The lowest BCUT2D eigenvalue weighted by Gasteiger charge is -2.12. The Morgan fingerprint density at radius 1 is 1.48 bits per heavy atom. The summed E-state index contributed by atoms with van der Waals surface area (Å²) in [6.45, 7) is 2.05. The largest absolute Gasteiger partial charge is 0.481 e. The Kier molecular flexibility index (Phi) is 4.74. The van der Waals surface area contributed by atoms with Gasteiger partial charge in [0.05, 0.1) is 16.1 Å². The molecule has 1 aromatic heterocycles. The van der Waals surface area contributed by atoms with E-state index in [0.29, 0.717) is 17.1 Å². The van der Waals surface area contributed by atoms with Gasteiger partial charge >= 0.3 is 5.97 Å². The number of anilines is 1. The lowest BCUT2D eigenvalue weighted by atomic mass is 10.0. The number of carbonyl (C=O) groups is 2. The highest BCUT2D eigenvalue weighted by atomic mass is 32.1. The van der Waals surface area contributed by atoms with Crippen LogP contribution in [0.4, 0.5) is 5.13 Å². The van der Waals surface area contributed by atoms with Crippen molar-refractivity contribution in [2.45, 2.75) is 19.8 Å². The second kappa shape index (κ2) is 6.53. The third-order valence-corrected chi connectivity index (χ3v) is 4.01. The van der Waals surface area contributed by atoms with Crippen LogP contribution in [-0.4, -0.2) is 28.5 Å². The Labute approximate surface area is 126 Å². The highest BCUT2D eigenvalue weighted by Crippen LogP contribution is 2.24. The zero-order chi connectivity index (χ0) is 15.4. The summed E-state index contributed by atoms with van der Waals surface area (Å²) in [7, 11) is 0. The SMILES string of the molecule is CCCC(CNC(=O)c1ccc2nc(N)sc2c1)C(=O)O. The van der Waals surface area contributed by atoms with Gasteiger partial charge < -0.3 is 16.2 Å². The fourth-order valence-corrected chi connectivity index (χ4v) is 2.84. The summed E-state index contributed by atoms with van der Waals surface area (Å²) < 4.78 is 0.837. The molecule has 0 spiro atoms. The van der Waals surface area contributed by atoms with Crippen LogP contribution < -0.4 is 11.1 Å². The first-order chi connectivity index (χ1) is 10.0. The first-order valence-electron chi connectivity index (χ1n) is 6.68. The summed E-state index contributed by atoms with van der Waals surface area (Å²) in [6, 6.07) is 5.11. The maximum atomic E-state index is 12.1. The van der Waals surface area contributed by atoms with E-state index in [1.807, 2.05) is 6.92 Å². The van der Waals surface area contributed by atoms with Crippen LogP contribution in [0.25, 0.3) is 10.2 Å². The van der Waals surface area contributed by atoms with E-state index in [2.05, 4.69) is 10.3 Å². The minimum absolute atomic E-state index is 0.130. The number of hydrogen-bond acceptors (Lipinski definition) is 5. The van der Waals surface area contributed by atoms with Crippen LogP contribution in [0.3, 0.4) is 0 Å². The smallest absolute Gasteiger partial charge is 0.308 e. The van der Waals surface area contributed by atoms with E-state index in [1.165, 1.54) is 11.3 Å². The molecule has 1 amide bonds. The third kappa shape index (κ3) is 3.69. The van der Waals surface area contributed by atoms with Crippen molar-refractivity contribution in [1.29, 1.82) is 0 Å². The van der Waals surface area contributed by atoms with Crippen molar-refractivity contribution >= 4 is 38.6 Å². The topological polar surface area (TPSA) is 105 Å². The number of carbonyl (C=O) groups excluding carboxylic acids is 1. The molecule has 0 saturated heterocycles. The van der Waals surface area contributed by atoms with Gasteiger partial charge in [0.2, 0.25) is 0 Å². The maximum absolute atomic E-state index is 12.1. The molecule has 2 aromatic rings. The molecule has 4 N–H and O–H groups in total. The van der Waals surface area contributed by atoms with E-state index in [-0.39, 0.29) is 12.5 Å². The van der Waals surface area contributed by atoms with Crippen molar-refractivity contribution in [1.82, 2.24) is 10.3 Å². The van der Waals surface area contributed by atoms with Crippen LogP contribution in [0.5, 0.6) is 0 Å². The molecule has 0 aliphatic rings. The zero-order valence-electron chi connectivity index (χ0n) is 11.6. The van der Waals surface area contributed by atoms with Crippen molar-refractivity contribution in [3.63, 3.8) is 0 Å². The molecule has 2 rings (SSSR count). The van der Waals surface area contributed by atoms with Crippen LogP contribution in [0.1, 0.15) is 30.1 Å². The van der Waals surface area contributed by atoms with Gasteiger partial charge in [-0.15, -0.1) is 0 Å². The molecule has 0 radical (unpaired) electrons. The number of fused-ring (bicyclic) bond motifs is 1. The molecule has 0 saturated carbocycles. The fraction of sp³-hybridized carbons (Fsp3) is 0.357. The molecular weight excluding hydrogens is 290 g/mol. The standard InChI is InChI=1S/C14H17N3O3S/c1-2-3-9(13(19)20)7-16-12(18)8-4-5-10-11(6-8)21-14(15)17-10/h4-6,9H,2-3,7H2,1H3,(H2,15,17)(H,16,18)(H,19,20). The molecule has 1 atom stereocenters. The number of nitrogens with one attached hydrogen (secondary N) is 1. The maximum Gasteiger partial charge on any atom is 0.308 e. The number of benzene rings is 1. The van der Waals surface area contributed by atoms with Gasteiger partial charge in [0, 0.05) is 12.1 Å². The third-order valence-electron chi connectivity index (χ3n) is 3.16. The van der Waals surface area contributed by atoms with Crippen molar-refractivity contribution in [3.8, 4) is 0 Å². The van der Waals surface area contributed by atoms with Gasteiger partial charge in [-0.2, -0.15) is 0 Å². The normalized spacial score (nSPS) is 12.2. The minimum atomic E-state index is -0.886. The molecule has 1 unspecified atom stereocenters. The summed E-state index contributed by atoms with van der Waals surface area (Å²) in [5, 5.41) is 12.2. The second-order valence-corrected chi connectivity index (χ2v) is 5.83. The number of aliphatic carboxylic acids is 1. The minimum Gasteiger partial charge on any atom is -0.481 e. The van der Waals surface area contributed by atoms with E-state index in [9.17, 15) is 9.59 Å². The van der Waals surface area contributed by atoms with E-state index in [1.54, 1.807) is 18.2 Å². The van der Waals surface area contributed by atoms with Crippen LogP contribution in [0.2, 0.25) is 0 Å². The molecule has 1 aromatic carbocycles. The summed E-state index contributed by atoms with van der Waals surface area (Å²) in [5.74, 6) is -1.73. The van der Waals surface area contributed by atoms with E-state index < -0.39 is 11.9 Å². The van der Waals surface area contributed by atoms with Crippen LogP contribution in [-0.2, 0) is 4.79 Å². The number of nitrogens with two attached hydrogens (primary N) is 1. The molecule has 1 heterocycles. The van der Waals surface area contributed by atoms with E-state index in [0.717, 1.165) is 16.6 Å². The van der Waals surface area contributed by atoms with Gasteiger partial charge in [-0.05, 0) is 24.6 Å². The Hall–Kier alpha value is -2.15. The average Bonchev–Trinajstić information content (AvgIpc) is 2.81. The summed E-state index contributed by atoms with van der Waals surface area (Å²) in [4.78, 5) is 27.2. The summed E-state index contributed by atoms with van der Waals surface area (Å²) >= 11 is 1.31. The molecule has 7 heteroatoms. The Balaban J connectivity index is 2.05. The number of nitrogen functional groups attached to an aromatic ring is 1.